The summed E-state index contributed by atoms with van der Waals surface area (Å²) < 4.78 is 0. The van der Waals surface area contributed by atoms with E-state index in [-0.39, 0.29) is 18.4 Å². The minimum Gasteiger partial charge on any atom is -0.334 e. The van der Waals surface area contributed by atoms with Crippen molar-refractivity contribution in [3.63, 3.8) is 0 Å². The quantitative estimate of drug-likeness (QED) is 0.843. The van der Waals surface area contributed by atoms with Gasteiger partial charge in [-0.1, -0.05) is 29.8 Å². The molecule has 1 saturated heterocycles. The van der Waals surface area contributed by atoms with Gasteiger partial charge in [0.1, 0.15) is 0 Å². The molecule has 1 N–H and O–H groups in total. The Balaban J connectivity index is 0.00000220. The third kappa shape index (κ3) is 5.20. The normalized spacial score (nSPS) is 18.2. The monoisotopic (exact) mass is 328 g/mol. The summed E-state index contributed by atoms with van der Waals surface area (Å²) in [5.41, 5.74) is 2.54. The Hall–Kier alpha value is -0.710. The topological polar surface area (TPSA) is 32.3 Å². The molecule has 1 aromatic rings. The molecule has 0 aromatic heterocycles. The van der Waals surface area contributed by atoms with Crippen LogP contribution in [-0.4, -0.2) is 42.4 Å². The molecule has 0 spiro atoms. The average molecular weight is 329 g/mol. The van der Waals surface area contributed by atoms with Crippen molar-refractivity contribution in [3.05, 3.63) is 35.4 Å². The molecule has 1 aromatic carbocycles. The van der Waals surface area contributed by atoms with Crippen LogP contribution in [0.4, 0.5) is 0 Å². The fraction of sp³-hybridized carbons (Fsp3) is 0.562. The summed E-state index contributed by atoms with van der Waals surface area (Å²) in [7, 11) is 1.93. The zero-order valence-corrected chi connectivity index (χ0v) is 14.4. The fourth-order valence-corrected chi connectivity index (χ4v) is 3.62. The van der Waals surface area contributed by atoms with E-state index in [1.807, 2.05) is 18.8 Å². The van der Waals surface area contributed by atoms with Gasteiger partial charge in [-0.3, -0.25) is 4.79 Å². The average Bonchev–Trinajstić information content (AvgIpc) is 2.48. The van der Waals surface area contributed by atoms with E-state index in [0.29, 0.717) is 12.3 Å². The van der Waals surface area contributed by atoms with Crippen molar-refractivity contribution in [2.75, 3.05) is 31.6 Å². The third-order valence-electron chi connectivity index (χ3n) is 3.73. The highest BCUT2D eigenvalue weighted by Crippen LogP contribution is 2.30. The summed E-state index contributed by atoms with van der Waals surface area (Å²) in [6, 6.07) is 8.85. The Kier molecular flexibility index (Phi) is 8.15. The van der Waals surface area contributed by atoms with Crippen molar-refractivity contribution in [2.45, 2.75) is 25.8 Å². The second kappa shape index (κ2) is 9.34. The number of carbonyl (C=O) groups is 1. The number of rotatable bonds is 5. The number of nitrogens with zero attached hydrogens (tertiary/aromatic N) is 1. The van der Waals surface area contributed by atoms with Crippen LogP contribution in [0.1, 0.15) is 30.0 Å². The summed E-state index contributed by atoms with van der Waals surface area (Å²) in [6.45, 7) is 3.88. The van der Waals surface area contributed by atoms with Gasteiger partial charge >= 0.3 is 0 Å². The summed E-state index contributed by atoms with van der Waals surface area (Å²) in [5.74, 6) is 2.37. The van der Waals surface area contributed by atoms with Gasteiger partial charge in [0.25, 0.3) is 0 Å². The molecule has 1 aliphatic rings. The van der Waals surface area contributed by atoms with E-state index in [0.717, 1.165) is 31.0 Å². The highest BCUT2D eigenvalue weighted by Gasteiger charge is 2.27. The zero-order valence-electron chi connectivity index (χ0n) is 12.8. The van der Waals surface area contributed by atoms with E-state index >= 15 is 0 Å². The van der Waals surface area contributed by atoms with E-state index in [4.69, 9.17) is 0 Å². The number of nitrogens with one attached hydrogen (secondary N) is 1. The molecule has 1 fully saturated rings. The first kappa shape index (κ1) is 18.3. The third-order valence-corrected chi connectivity index (χ3v) is 4.75. The molecule has 1 atom stereocenters. The number of aryl methyl sites for hydroxylation is 1. The van der Waals surface area contributed by atoms with Gasteiger partial charge in [0.15, 0.2) is 0 Å². The summed E-state index contributed by atoms with van der Waals surface area (Å²) in [6.07, 6.45) is 1.56. The second-order valence-electron chi connectivity index (χ2n) is 5.30. The van der Waals surface area contributed by atoms with Crippen LogP contribution in [-0.2, 0) is 4.79 Å². The molecule has 1 aliphatic heterocycles. The number of thioether (sulfide) groups is 1. The van der Waals surface area contributed by atoms with E-state index in [2.05, 4.69) is 41.4 Å². The van der Waals surface area contributed by atoms with E-state index in [1.165, 1.54) is 11.1 Å². The molecule has 21 heavy (non-hydrogen) atoms. The molecular weight excluding hydrogens is 304 g/mol. The molecule has 2 rings (SSSR count). The Labute approximate surface area is 138 Å². The van der Waals surface area contributed by atoms with Crippen LogP contribution in [0.5, 0.6) is 0 Å². The largest absolute Gasteiger partial charge is 0.334 e. The van der Waals surface area contributed by atoms with Crippen molar-refractivity contribution in [3.8, 4) is 0 Å². The Morgan fingerprint density at radius 1 is 1.38 bits per heavy atom. The molecular formula is C16H25ClN2OS. The van der Waals surface area contributed by atoms with Crippen molar-refractivity contribution in [2.24, 2.45) is 0 Å². The molecule has 1 unspecified atom stereocenters. The van der Waals surface area contributed by atoms with Crippen LogP contribution in [0.3, 0.4) is 0 Å². The number of benzene rings is 1. The maximum absolute atomic E-state index is 12.4. The summed E-state index contributed by atoms with van der Waals surface area (Å²) in [5, 5.41) is 3.10. The minimum atomic E-state index is 0. The van der Waals surface area contributed by atoms with Gasteiger partial charge in [-0.05, 0) is 32.5 Å². The van der Waals surface area contributed by atoms with Crippen LogP contribution in [0.15, 0.2) is 24.3 Å². The van der Waals surface area contributed by atoms with E-state index in [9.17, 15) is 4.79 Å². The van der Waals surface area contributed by atoms with Crippen molar-refractivity contribution < 1.29 is 4.79 Å². The number of carbonyl (C=O) groups excluding carboxylic acids is 1. The lowest BCUT2D eigenvalue weighted by Crippen LogP contribution is -2.40. The highest BCUT2D eigenvalue weighted by molar-refractivity contribution is 7.99. The Bertz CT molecular complexity index is 438. The van der Waals surface area contributed by atoms with Crippen molar-refractivity contribution in [1.82, 2.24) is 10.2 Å². The van der Waals surface area contributed by atoms with Gasteiger partial charge in [-0.15, -0.1) is 12.4 Å². The van der Waals surface area contributed by atoms with Gasteiger partial charge < -0.3 is 10.2 Å². The van der Waals surface area contributed by atoms with Crippen LogP contribution < -0.4 is 5.32 Å². The molecule has 3 nitrogen and oxygen atoms in total. The van der Waals surface area contributed by atoms with Gasteiger partial charge in [-0.2, -0.15) is 11.8 Å². The number of hydrogen-bond donors (Lipinski definition) is 1. The van der Waals surface area contributed by atoms with Crippen molar-refractivity contribution >= 4 is 30.1 Å². The molecule has 0 aliphatic carbocycles. The number of hydrogen-bond acceptors (Lipinski definition) is 3. The second-order valence-corrected chi connectivity index (χ2v) is 6.45. The standard InChI is InChI=1S/C16H24N2OS.ClH/c1-13-5-7-14(8-6-13)15-12-20-11-10-18(15)16(19)4-3-9-17-2;/h5-8,15,17H,3-4,9-12H2,1-2H3;1H. The lowest BCUT2D eigenvalue weighted by atomic mass is 10.0. The highest BCUT2D eigenvalue weighted by atomic mass is 35.5. The fourth-order valence-electron chi connectivity index (χ4n) is 2.53. The first-order valence-electron chi connectivity index (χ1n) is 7.30. The van der Waals surface area contributed by atoms with Crippen LogP contribution in [0, 0.1) is 6.92 Å². The van der Waals surface area contributed by atoms with Crippen molar-refractivity contribution in [1.29, 1.82) is 0 Å². The SMILES string of the molecule is CNCCCC(=O)N1CCSCC1c1ccc(C)cc1.Cl. The Morgan fingerprint density at radius 2 is 2.10 bits per heavy atom. The Morgan fingerprint density at radius 3 is 2.76 bits per heavy atom. The minimum absolute atomic E-state index is 0. The molecule has 1 amide bonds. The summed E-state index contributed by atoms with van der Waals surface area (Å²) >= 11 is 1.95. The first-order valence-corrected chi connectivity index (χ1v) is 8.46. The molecule has 0 bridgehead atoms. The smallest absolute Gasteiger partial charge is 0.223 e. The van der Waals surface area contributed by atoms with Gasteiger partial charge in [0, 0.05) is 24.5 Å². The number of amides is 1. The van der Waals surface area contributed by atoms with Gasteiger partial charge in [0.2, 0.25) is 5.91 Å². The lowest BCUT2D eigenvalue weighted by molar-refractivity contribution is -0.133. The van der Waals surface area contributed by atoms with Gasteiger partial charge in [0.05, 0.1) is 6.04 Å². The maximum Gasteiger partial charge on any atom is 0.223 e. The molecule has 118 valence electrons. The number of halogens is 1. The summed E-state index contributed by atoms with van der Waals surface area (Å²) in [4.78, 5) is 14.5. The van der Waals surface area contributed by atoms with Gasteiger partial charge in [-0.25, -0.2) is 0 Å². The molecule has 5 heteroatoms. The van der Waals surface area contributed by atoms with E-state index in [1.54, 1.807) is 0 Å². The van der Waals surface area contributed by atoms with Crippen LogP contribution >= 0.6 is 24.2 Å². The first-order chi connectivity index (χ1) is 9.72. The predicted octanol–water partition coefficient (Wildman–Crippen LogP) is 3.03. The zero-order chi connectivity index (χ0) is 14.4. The van der Waals surface area contributed by atoms with Crippen LogP contribution in [0.2, 0.25) is 0 Å². The maximum atomic E-state index is 12.4. The van der Waals surface area contributed by atoms with E-state index < -0.39 is 0 Å². The predicted molar refractivity (Wildman–Crippen MR) is 93.4 cm³/mol. The molecule has 0 saturated carbocycles. The molecule has 0 radical (unpaired) electrons. The van der Waals surface area contributed by atoms with Crippen LogP contribution in [0.25, 0.3) is 0 Å². The molecule has 1 heterocycles. The lowest BCUT2D eigenvalue weighted by Gasteiger charge is -2.36.